The molecule has 1 aromatic rings. The normalized spacial score (nSPS) is 28.5. The van der Waals surface area contributed by atoms with Gasteiger partial charge in [0.15, 0.2) is 11.7 Å². The van der Waals surface area contributed by atoms with Crippen molar-refractivity contribution in [1.29, 1.82) is 0 Å². The predicted octanol–water partition coefficient (Wildman–Crippen LogP) is 1.44. The van der Waals surface area contributed by atoms with Crippen molar-refractivity contribution < 1.29 is 5.21 Å². The number of nitrogens with two attached hydrogens (primary N) is 1. The van der Waals surface area contributed by atoms with Gasteiger partial charge in [0.2, 0.25) is 0 Å². The van der Waals surface area contributed by atoms with E-state index < -0.39 is 0 Å². The predicted molar refractivity (Wildman–Crippen MR) is 74.3 cm³/mol. The maximum absolute atomic E-state index is 8.88. The first-order valence-electron chi connectivity index (χ1n) is 6.60. The van der Waals surface area contributed by atoms with Gasteiger partial charge in [-0.05, 0) is 31.2 Å². The van der Waals surface area contributed by atoms with Crippen molar-refractivity contribution in [1.82, 2.24) is 10.2 Å². The van der Waals surface area contributed by atoms with E-state index in [0.717, 1.165) is 6.54 Å². The second-order valence-corrected chi connectivity index (χ2v) is 5.46. The number of amidine groups is 1. The maximum Gasteiger partial charge on any atom is 0.173 e. The third-order valence-electron chi connectivity index (χ3n) is 3.95. The summed E-state index contributed by atoms with van der Waals surface area (Å²) in [5.41, 5.74) is 6.35. The highest BCUT2D eigenvalue weighted by Gasteiger charge is 2.31. The van der Waals surface area contributed by atoms with E-state index >= 15 is 0 Å². The molecule has 1 aromatic heterocycles. The number of nitrogens with zero attached hydrogens (tertiary/aromatic N) is 4. The molecule has 0 bridgehead atoms. The number of anilines is 1. The van der Waals surface area contributed by atoms with Crippen molar-refractivity contribution in [3.8, 4) is 0 Å². The summed E-state index contributed by atoms with van der Waals surface area (Å²) < 4.78 is 0. The summed E-state index contributed by atoms with van der Waals surface area (Å²) in [6, 6.07) is 2.09. The summed E-state index contributed by atoms with van der Waals surface area (Å²) >= 11 is 0. The van der Waals surface area contributed by atoms with Crippen LogP contribution in [0, 0.1) is 11.8 Å². The largest absolute Gasteiger partial charge is 0.409 e. The third kappa shape index (κ3) is 2.62. The Morgan fingerprint density at radius 3 is 2.89 bits per heavy atom. The Labute approximate surface area is 113 Å². The Morgan fingerprint density at radius 1 is 1.47 bits per heavy atom. The second-order valence-electron chi connectivity index (χ2n) is 5.46. The topological polar surface area (TPSA) is 87.6 Å². The molecule has 3 unspecified atom stereocenters. The van der Waals surface area contributed by atoms with Gasteiger partial charge in [-0.3, -0.25) is 0 Å². The lowest BCUT2D eigenvalue weighted by atomic mass is 9.86. The Balaban J connectivity index is 2.40. The fraction of sp³-hybridized carbons (Fsp3) is 0.615. The van der Waals surface area contributed by atoms with E-state index in [2.05, 4.69) is 41.0 Å². The van der Waals surface area contributed by atoms with Gasteiger partial charge < -0.3 is 15.8 Å². The Kier molecular flexibility index (Phi) is 3.87. The highest BCUT2D eigenvalue weighted by molar-refractivity contribution is 6.01. The SMILES string of the molecule is CC1CC(C)C(C)N(c2nnccc2/C(N)=N/O)C1. The van der Waals surface area contributed by atoms with Crippen LogP contribution in [0.2, 0.25) is 0 Å². The molecule has 1 aliphatic heterocycles. The number of rotatable bonds is 2. The van der Waals surface area contributed by atoms with Crippen molar-refractivity contribution in [3.05, 3.63) is 17.8 Å². The average Bonchev–Trinajstić information content (AvgIpc) is 2.42. The van der Waals surface area contributed by atoms with E-state index in [1.165, 1.54) is 6.42 Å². The summed E-state index contributed by atoms with van der Waals surface area (Å²) in [4.78, 5) is 2.21. The third-order valence-corrected chi connectivity index (χ3v) is 3.95. The highest BCUT2D eigenvalue weighted by atomic mass is 16.4. The monoisotopic (exact) mass is 263 g/mol. The van der Waals surface area contributed by atoms with Crippen LogP contribution < -0.4 is 10.6 Å². The van der Waals surface area contributed by atoms with Crippen LogP contribution in [-0.2, 0) is 0 Å². The van der Waals surface area contributed by atoms with E-state index in [-0.39, 0.29) is 5.84 Å². The number of aromatic nitrogens is 2. The van der Waals surface area contributed by atoms with E-state index in [1.54, 1.807) is 12.3 Å². The lowest BCUT2D eigenvalue weighted by molar-refractivity contribution is 0.295. The van der Waals surface area contributed by atoms with Gasteiger partial charge in [-0.15, -0.1) is 5.10 Å². The van der Waals surface area contributed by atoms with Crippen LogP contribution in [0.1, 0.15) is 32.8 Å². The molecule has 0 amide bonds. The zero-order valence-electron chi connectivity index (χ0n) is 11.6. The highest BCUT2D eigenvalue weighted by Crippen LogP contribution is 2.31. The van der Waals surface area contributed by atoms with E-state index in [1.807, 2.05) is 0 Å². The van der Waals surface area contributed by atoms with Crippen molar-refractivity contribution >= 4 is 11.7 Å². The summed E-state index contributed by atoms with van der Waals surface area (Å²) in [5, 5.41) is 20.1. The van der Waals surface area contributed by atoms with E-state index in [0.29, 0.717) is 29.3 Å². The standard InChI is InChI=1S/C13H21N5O/c1-8-6-9(2)10(3)18(7-8)13-11(12(14)17-19)4-5-15-16-13/h4-5,8-10,19H,6-7H2,1-3H3,(H2,14,17). The fourth-order valence-electron chi connectivity index (χ4n) is 2.78. The minimum Gasteiger partial charge on any atom is -0.409 e. The van der Waals surface area contributed by atoms with Crippen LogP contribution in [-0.4, -0.2) is 33.8 Å². The Morgan fingerprint density at radius 2 is 2.21 bits per heavy atom. The molecular formula is C13H21N5O. The van der Waals surface area contributed by atoms with Crippen molar-refractivity contribution in [2.45, 2.75) is 33.2 Å². The molecule has 1 aliphatic rings. The second kappa shape index (κ2) is 5.42. The molecule has 2 rings (SSSR count). The van der Waals surface area contributed by atoms with Crippen LogP contribution in [0.25, 0.3) is 0 Å². The molecular weight excluding hydrogens is 242 g/mol. The van der Waals surface area contributed by atoms with Crippen molar-refractivity contribution in [2.75, 3.05) is 11.4 Å². The van der Waals surface area contributed by atoms with Crippen LogP contribution in [0.4, 0.5) is 5.82 Å². The van der Waals surface area contributed by atoms with E-state index in [4.69, 9.17) is 10.9 Å². The van der Waals surface area contributed by atoms with Gasteiger partial charge in [0.25, 0.3) is 0 Å². The molecule has 19 heavy (non-hydrogen) atoms. The minimum absolute atomic E-state index is 0.0722. The quantitative estimate of drug-likeness (QED) is 0.365. The first kappa shape index (κ1) is 13.6. The molecule has 0 radical (unpaired) electrons. The molecule has 0 aliphatic carbocycles. The van der Waals surface area contributed by atoms with Gasteiger partial charge in [0.1, 0.15) is 0 Å². The molecule has 3 atom stereocenters. The molecule has 1 saturated heterocycles. The van der Waals surface area contributed by atoms with E-state index in [9.17, 15) is 0 Å². The minimum atomic E-state index is 0.0722. The summed E-state index contributed by atoms with van der Waals surface area (Å²) in [5.74, 6) is 1.94. The summed E-state index contributed by atoms with van der Waals surface area (Å²) in [6.45, 7) is 7.57. The molecule has 2 heterocycles. The number of piperidine rings is 1. The molecule has 1 fully saturated rings. The molecule has 3 N–H and O–H groups in total. The zero-order valence-corrected chi connectivity index (χ0v) is 11.6. The lowest BCUT2D eigenvalue weighted by Gasteiger charge is -2.42. The fourth-order valence-corrected chi connectivity index (χ4v) is 2.78. The number of hydrogen-bond acceptors (Lipinski definition) is 5. The molecule has 0 saturated carbocycles. The van der Waals surface area contributed by atoms with Gasteiger partial charge in [0, 0.05) is 12.6 Å². The van der Waals surface area contributed by atoms with Gasteiger partial charge in [-0.25, -0.2) is 0 Å². The molecule has 0 spiro atoms. The van der Waals surface area contributed by atoms with Gasteiger partial charge >= 0.3 is 0 Å². The molecule has 6 heteroatoms. The van der Waals surface area contributed by atoms with Gasteiger partial charge in [-0.2, -0.15) is 5.10 Å². The first-order valence-corrected chi connectivity index (χ1v) is 6.60. The van der Waals surface area contributed by atoms with Crippen LogP contribution in [0.3, 0.4) is 0 Å². The molecule has 6 nitrogen and oxygen atoms in total. The molecule has 0 aromatic carbocycles. The van der Waals surface area contributed by atoms with Gasteiger partial charge in [-0.1, -0.05) is 19.0 Å². The lowest BCUT2D eigenvalue weighted by Crippen LogP contribution is -2.47. The Bertz CT molecular complexity index is 476. The van der Waals surface area contributed by atoms with Crippen molar-refractivity contribution in [3.63, 3.8) is 0 Å². The number of oxime groups is 1. The zero-order chi connectivity index (χ0) is 14.0. The van der Waals surface area contributed by atoms with Gasteiger partial charge in [0.05, 0.1) is 11.8 Å². The average molecular weight is 263 g/mol. The Hall–Kier alpha value is -1.85. The van der Waals surface area contributed by atoms with Crippen molar-refractivity contribution in [2.24, 2.45) is 22.7 Å². The smallest absolute Gasteiger partial charge is 0.173 e. The number of hydrogen-bond donors (Lipinski definition) is 2. The van der Waals surface area contributed by atoms with Crippen LogP contribution in [0.5, 0.6) is 0 Å². The molecule has 104 valence electrons. The maximum atomic E-state index is 8.88. The van der Waals surface area contributed by atoms with Crippen LogP contribution >= 0.6 is 0 Å². The summed E-state index contributed by atoms with van der Waals surface area (Å²) in [6.07, 6.45) is 2.76. The first-order chi connectivity index (χ1) is 9.04. The summed E-state index contributed by atoms with van der Waals surface area (Å²) in [7, 11) is 0. The van der Waals surface area contributed by atoms with Crippen LogP contribution in [0.15, 0.2) is 17.4 Å².